The van der Waals surface area contributed by atoms with Crippen LogP contribution in [0.1, 0.15) is 63.8 Å². The molecule has 0 bridgehead atoms. The summed E-state index contributed by atoms with van der Waals surface area (Å²) in [5, 5.41) is 10.4. The van der Waals surface area contributed by atoms with Gasteiger partial charge < -0.3 is 5.11 Å². The summed E-state index contributed by atoms with van der Waals surface area (Å²) in [6.07, 6.45) is -1.54. The first-order valence-electron chi connectivity index (χ1n) is 12.0. The van der Waals surface area contributed by atoms with E-state index in [1.54, 1.807) is 0 Å². The van der Waals surface area contributed by atoms with E-state index in [-0.39, 0.29) is 18.8 Å². The van der Waals surface area contributed by atoms with Crippen molar-refractivity contribution in [2.24, 2.45) is 0 Å². The molecule has 0 atom stereocenters. The quantitative estimate of drug-likeness (QED) is 0.385. The number of nitrogens with zero attached hydrogens (tertiary/aromatic N) is 2. The van der Waals surface area contributed by atoms with E-state index in [2.05, 4.69) is 0 Å². The third-order valence-electron chi connectivity index (χ3n) is 5.99. The van der Waals surface area contributed by atoms with Gasteiger partial charge in [-0.2, -0.15) is 17.0 Å². The van der Waals surface area contributed by atoms with E-state index < -0.39 is 27.1 Å². The zero-order valence-corrected chi connectivity index (χ0v) is 22.7. The van der Waals surface area contributed by atoms with Crippen molar-refractivity contribution in [2.75, 3.05) is 4.31 Å². The maximum Gasteiger partial charge on any atom is 0.426 e. The van der Waals surface area contributed by atoms with E-state index in [0.717, 1.165) is 11.1 Å². The van der Waals surface area contributed by atoms with Crippen molar-refractivity contribution >= 4 is 22.0 Å². The summed E-state index contributed by atoms with van der Waals surface area (Å²) in [5.41, 5.74) is 2.05. The molecule has 0 saturated carbocycles. The van der Waals surface area contributed by atoms with E-state index in [9.17, 15) is 18.3 Å². The molecule has 0 aromatic heterocycles. The highest BCUT2D eigenvalue weighted by Gasteiger charge is 2.40. The number of amides is 1. The first-order valence-corrected chi connectivity index (χ1v) is 13.4. The first-order chi connectivity index (χ1) is 16.7. The molecule has 0 heterocycles. The van der Waals surface area contributed by atoms with Crippen molar-refractivity contribution in [1.82, 2.24) is 4.31 Å². The molecule has 0 saturated heterocycles. The monoisotopic (exact) mass is 508 g/mol. The largest absolute Gasteiger partial charge is 0.464 e. The highest BCUT2D eigenvalue weighted by Crippen LogP contribution is 2.42. The van der Waals surface area contributed by atoms with Gasteiger partial charge in [0.2, 0.25) is 0 Å². The van der Waals surface area contributed by atoms with Gasteiger partial charge in [-0.25, -0.2) is 4.79 Å². The minimum absolute atomic E-state index is 0.0321. The summed E-state index contributed by atoms with van der Waals surface area (Å²) in [5.74, 6) is 0. The second kappa shape index (κ2) is 10.4. The smallest absolute Gasteiger partial charge is 0.426 e. The van der Waals surface area contributed by atoms with Gasteiger partial charge in [0.25, 0.3) is 0 Å². The van der Waals surface area contributed by atoms with Crippen LogP contribution in [0.15, 0.2) is 78.9 Å². The van der Waals surface area contributed by atoms with Gasteiger partial charge in [-0.15, -0.1) is 0 Å². The van der Waals surface area contributed by atoms with Gasteiger partial charge in [-0.3, -0.25) is 0 Å². The van der Waals surface area contributed by atoms with Crippen LogP contribution in [0.3, 0.4) is 0 Å². The number of carboxylic acid groups (broad SMARTS) is 1. The van der Waals surface area contributed by atoms with Gasteiger partial charge in [-0.05, 0) is 33.1 Å². The SMILES string of the molecule is CC(C)(C)c1cccc(C(C)(C)C)c1N(C(=O)O)S(=O)(=O)N(Cc1ccccc1)Cc1ccccc1. The molecule has 192 valence electrons. The molecule has 7 heteroatoms. The number of hydrogen-bond donors (Lipinski definition) is 1. The Hall–Kier alpha value is -3.16. The van der Waals surface area contributed by atoms with Crippen molar-refractivity contribution < 1.29 is 18.3 Å². The van der Waals surface area contributed by atoms with E-state index in [1.807, 2.05) is 120 Å². The number of carbonyl (C=O) groups is 1. The number of hydrogen-bond acceptors (Lipinski definition) is 3. The Morgan fingerprint density at radius 2 is 1.08 bits per heavy atom. The number of para-hydroxylation sites is 1. The number of anilines is 1. The van der Waals surface area contributed by atoms with E-state index in [1.165, 1.54) is 4.31 Å². The van der Waals surface area contributed by atoms with Crippen LogP contribution in [0.5, 0.6) is 0 Å². The fourth-order valence-corrected chi connectivity index (χ4v) is 5.67. The average molecular weight is 509 g/mol. The molecule has 3 aromatic rings. The Morgan fingerprint density at radius 1 is 0.694 bits per heavy atom. The van der Waals surface area contributed by atoms with Gasteiger partial charge in [-0.1, -0.05) is 120 Å². The maximum absolute atomic E-state index is 14.3. The molecule has 0 spiro atoms. The Kier molecular flexibility index (Phi) is 7.96. The Balaban J connectivity index is 2.26. The number of rotatable bonds is 7. The molecule has 0 aliphatic carbocycles. The van der Waals surface area contributed by atoms with Crippen LogP contribution < -0.4 is 4.31 Å². The highest BCUT2D eigenvalue weighted by atomic mass is 32.2. The minimum atomic E-state index is -4.51. The van der Waals surface area contributed by atoms with Crippen molar-refractivity contribution in [3.05, 3.63) is 101 Å². The topological polar surface area (TPSA) is 77.9 Å². The molecule has 0 aliphatic heterocycles. The van der Waals surface area contributed by atoms with E-state index in [4.69, 9.17) is 0 Å². The van der Waals surface area contributed by atoms with Gasteiger partial charge in [0.05, 0.1) is 5.69 Å². The molecule has 0 fully saturated rings. The predicted octanol–water partition coefficient (Wildman–Crippen LogP) is 6.71. The van der Waals surface area contributed by atoms with Gasteiger partial charge in [0, 0.05) is 13.1 Å². The third kappa shape index (κ3) is 6.15. The van der Waals surface area contributed by atoms with Crippen LogP contribution in [-0.2, 0) is 34.1 Å². The van der Waals surface area contributed by atoms with Crippen molar-refractivity contribution in [3.8, 4) is 0 Å². The van der Waals surface area contributed by atoms with Gasteiger partial charge in [0.1, 0.15) is 0 Å². The van der Waals surface area contributed by atoms with Crippen LogP contribution in [0.4, 0.5) is 10.5 Å². The summed E-state index contributed by atoms with van der Waals surface area (Å²) >= 11 is 0. The van der Waals surface area contributed by atoms with Gasteiger partial charge in [0.15, 0.2) is 0 Å². The zero-order valence-electron chi connectivity index (χ0n) is 21.9. The fourth-order valence-electron chi connectivity index (χ4n) is 4.19. The molecule has 3 aromatic carbocycles. The summed E-state index contributed by atoms with van der Waals surface area (Å²) in [6.45, 7) is 11.8. The maximum atomic E-state index is 14.3. The minimum Gasteiger partial charge on any atom is -0.464 e. The lowest BCUT2D eigenvalue weighted by Crippen LogP contribution is -2.47. The molecule has 3 rings (SSSR count). The van der Waals surface area contributed by atoms with Gasteiger partial charge >= 0.3 is 16.3 Å². The molecule has 1 N–H and O–H groups in total. The van der Waals surface area contributed by atoms with Crippen molar-refractivity contribution in [3.63, 3.8) is 0 Å². The third-order valence-corrected chi connectivity index (χ3v) is 7.70. The molecule has 6 nitrogen and oxygen atoms in total. The molecular weight excluding hydrogens is 472 g/mol. The molecule has 0 unspecified atom stereocenters. The second-order valence-electron chi connectivity index (χ2n) is 11.0. The van der Waals surface area contributed by atoms with Crippen LogP contribution in [0, 0.1) is 0 Å². The van der Waals surface area contributed by atoms with Crippen molar-refractivity contribution in [1.29, 1.82) is 0 Å². The summed E-state index contributed by atoms with van der Waals surface area (Å²) in [4.78, 5) is 12.8. The standard InChI is InChI=1S/C29H36N2O4S/c1-28(2,3)24-18-13-19-25(29(4,5)6)26(24)31(27(32)33)36(34,35)30(20-22-14-9-7-10-15-22)21-23-16-11-8-12-17-23/h7-19H,20-21H2,1-6H3,(H,32,33). The molecular formula is C29H36N2O4S. The summed E-state index contributed by atoms with van der Waals surface area (Å²) in [7, 11) is -4.51. The van der Waals surface area contributed by atoms with Crippen molar-refractivity contribution in [2.45, 2.75) is 65.5 Å². The Bertz CT molecular complexity index is 1220. The van der Waals surface area contributed by atoms with Crippen LogP contribution in [0.25, 0.3) is 0 Å². The predicted molar refractivity (Wildman–Crippen MR) is 145 cm³/mol. The van der Waals surface area contributed by atoms with Crippen LogP contribution in [0.2, 0.25) is 0 Å². The summed E-state index contributed by atoms with van der Waals surface area (Å²) < 4.78 is 30.4. The molecule has 0 radical (unpaired) electrons. The lowest BCUT2D eigenvalue weighted by Gasteiger charge is -2.36. The normalized spacial score (nSPS) is 12.5. The lowest BCUT2D eigenvalue weighted by molar-refractivity contribution is 0.205. The average Bonchev–Trinajstić information content (AvgIpc) is 2.78. The summed E-state index contributed by atoms with van der Waals surface area (Å²) in [6, 6.07) is 23.9. The van der Waals surface area contributed by atoms with E-state index >= 15 is 0 Å². The van der Waals surface area contributed by atoms with E-state index in [0.29, 0.717) is 15.4 Å². The van der Waals surface area contributed by atoms with Crippen LogP contribution in [-0.4, -0.2) is 23.9 Å². The zero-order chi connectivity index (χ0) is 26.7. The molecule has 0 aliphatic rings. The fraction of sp³-hybridized carbons (Fsp3) is 0.345. The Morgan fingerprint density at radius 3 is 1.42 bits per heavy atom. The Labute approximate surface area is 215 Å². The second-order valence-corrected chi connectivity index (χ2v) is 12.8. The first kappa shape index (κ1) is 27.4. The lowest BCUT2D eigenvalue weighted by atomic mass is 9.79. The number of benzene rings is 3. The van der Waals surface area contributed by atoms with Crippen LogP contribution >= 0.6 is 0 Å². The molecule has 36 heavy (non-hydrogen) atoms. The highest BCUT2D eigenvalue weighted by molar-refractivity contribution is 7.91. The molecule has 1 amide bonds.